The topological polar surface area (TPSA) is 40.6 Å². The molecule has 1 saturated heterocycles. The standard InChI is InChI=1S/C21H26N2O2S2/c1-21(2,3)16-6-8-17(9-7-16)27-15-19(24)22-10-12-23(13-11-22)20(25)18-5-4-14-26-18/h4-9,14H,10-13,15H2,1-3H3. The molecule has 0 radical (unpaired) electrons. The van der Waals surface area contributed by atoms with Crippen LogP contribution in [-0.4, -0.2) is 53.5 Å². The molecule has 0 N–H and O–H groups in total. The predicted molar refractivity (Wildman–Crippen MR) is 113 cm³/mol. The Hall–Kier alpha value is -1.79. The first-order valence-corrected chi connectivity index (χ1v) is 11.0. The number of benzene rings is 1. The number of rotatable bonds is 4. The number of carbonyl (C=O) groups is 2. The molecule has 0 spiro atoms. The zero-order valence-electron chi connectivity index (χ0n) is 16.1. The lowest BCUT2D eigenvalue weighted by atomic mass is 9.87. The second-order valence-corrected chi connectivity index (χ2v) is 9.71. The van der Waals surface area contributed by atoms with E-state index in [4.69, 9.17) is 0 Å². The summed E-state index contributed by atoms with van der Waals surface area (Å²) in [6.45, 7) is 9.02. The fourth-order valence-electron chi connectivity index (χ4n) is 3.00. The number of hydrogen-bond acceptors (Lipinski definition) is 4. The Morgan fingerprint density at radius 2 is 1.63 bits per heavy atom. The molecule has 0 saturated carbocycles. The van der Waals surface area contributed by atoms with Crippen molar-refractivity contribution < 1.29 is 9.59 Å². The Morgan fingerprint density at radius 3 is 2.19 bits per heavy atom. The van der Waals surface area contributed by atoms with Gasteiger partial charge in [-0.05, 0) is 34.6 Å². The van der Waals surface area contributed by atoms with E-state index in [2.05, 4.69) is 45.0 Å². The van der Waals surface area contributed by atoms with Crippen LogP contribution in [0.25, 0.3) is 0 Å². The Kier molecular flexibility index (Phi) is 6.27. The van der Waals surface area contributed by atoms with Crippen LogP contribution >= 0.6 is 23.1 Å². The minimum atomic E-state index is 0.0745. The molecule has 144 valence electrons. The summed E-state index contributed by atoms with van der Waals surface area (Å²) in [4.78, 5) is 30.5. The molecular formula is C21H26N2O2S2. The molecule has 0 aliphatic carbocycles. The molecular weight excluding hydrogens is 376 g/mol. The Bertz CT molecular complexity index is 772. The van der Waals surface area contributed by atoms with Crippen molar-refractivity contribution in [1.82, 2.24) is 9.80 Å². The van der Waals surface area contributed by atoms with Crippen LogP contribution in [0.3, 0.4) is 0 Å². The van der Waals surface area contributed by atoms with Gasteiger partial charge in [0.1, 0.15) is 0 Å². The zero-order valence-corrected chi connectivity index (χ0v) is 17.7. The Morgan fingerprint density at radius 1 is 1.00 bits per heavy atom. The molecule has 1 fully saturated rings. The fraction of sp³-hybridized carbons (Fsp3) is 0.429. The van der Waals surface area contributed by atoms with Crippen molar-refractivity contribution >= 4 is 34.9 Å². The molecule has 2 heterocycles. The summed E-state index contributed by atoms with van der Waals surface area (Å²) in [5.41, 5.74) is 1.43. The van der Waals surface area contributed by atoms with Gasteiger partial charge in [0.2, 0.25) is 5.91 Å². The Balaban J connectivity index is 1.46. The fourth-order valence-corrected chi connectivity index (χ4v) is 4.49. The number of amides is 2. The molecule has 1 aliphatic rings. The molecule has 1 aromatic heterocycles. The third kappa shape index (κ3) is 5.14. The molecule has 4 nitrogen and oxygen atoms in total. The van der Waals surface area contributed by atoms with E-state index in [1.165, 1.54) is 16.9 Å². The van der Waals surface area contributed by atoms with Crippen LogP contribution in [0.5, 0.6) is 0 Å². The van der Waals surface area contributed by atoms with E-state index in [1.807, 2.05) is 27.3 Å². The first-order valence-electron chi connectivity index (χ1n) is 9.18. The third-order valence-corrected chi connectivity index (χ3v) is 6.59. The summed E-state index contributed by atoms with van der Waals surface area (Å²) in [6.07, 6.45) is 0. The number of piperazine rings is 1. The highest BCUT2D eigenvalue weighted by Gasteiger charge is 2.25. The molecule has 0 unspecified atom stereocenters. The van der Waals surface area contributed by atoms with Gasteiger partial charge in [-0.3, -0.25) is 9.59 Å². The second-order valence-electron chi connectivity index (χ2n) is 7.71. The van der Waals surface area contributed by atoms with E-state index >= 15 is 0 Å². The van der Waals surface area contributed by atoms with Crippen molar-refractivity contribution in [3.05, 3.63) is 52.2 Å². The summed E-state index contributed by atoms with van der Waals surface area (Å²) in [7, 11) is 0. The van der Waals surface area contributed by atoms with Crippen LogP contribution in [0, 0.1) is 0 Å². The average Bonchev–Trinajstić information content (AvgIpc) is 3.20. The maximum Gasteiger partial charge on any atom is 0.264 e. The van der Waals surface area contributed by atoms with Crippen LogP contribution < -0.4 is 0 Å². The highest BCUT2D eigenvalue weighted by atomic mass is 32.2. The maximum atomic E-state index is 12.5. The van der Waals surface area contributed by atoms with Crippen molar-refractivity contribution in [3.63, 3.8) is 0 Å². The smallest absolute Gasteiger partial charge is 0.264 e. The van der Waals surface area contributed by atoms with E-state index in [-0.39, 0.29) is 17.2 Å². The lowest BCUT2D eigenvalue weighted by Gasteiger charge is -2.34. The monoisotopic (exact) mass is 402 g/mol. The SMILES string of the molecule is CC(C)(C)c1ccc(SCC(=O)N2CCN(C(=O)c3cccs3)CC2)cc1. The van der Waals surface area contributed by atoms with Gasteiger partial charge in [-0.1, -0.05) is 39.0 Å². The van der Waals surface area contributed by atoms with Crippen LogP contribution in [0.1, 0.15) is 36.0 Å². The summed E-state index contributed by atoms with van der Waals surface area (Å²) in [6, 6.07) is 12.2. The van der Waals surface area contributed by atoms with Crippen molar-refractivity contribution in [2.24, 2.45) is 0 Å². The lowest BCUT2D eigenvalue weighted by molar-refractivity contribution is -0.129. The van der Waals surface area contributed by atoms with Gasteiger partial charge in [0.25, 0.3) is 5.91 Å². The number of carbonyl (C=O) groups excluding carboxylic acids is 2. The van der Waals surface area contributed by atoms with Crippen LogP contribution in [0.15, 0.2) is 46.7 Å². The highest BCUT2D eigenvalue weighted by Crippen LogP contribution is 2.26. The zero-order chi connectivity index (χ0) is 19.4. The maximum absolute atomic E-state index is 12.5. The average molecular weight is 403 g/mol. The van der Waals surface area contributed by atoms with Crippen LogP contribution in [0.4, 0.5) is 0 Å². The van der Waals surface area contributed by atoms with Gasteiger partial charge in [0.15, 0.2) is 0 Å². The third-order valence-electron chi connectivity index (χ3n) is 4.73. The summed E-state index contributed by atoms with van der Waals surface area (Å²) in [5.74, 6) is 0.654. The van der Waals surface area contributed by atoms with Gasteiger partial charge < -0.3 is 9.80 Å². The van der Waals surface area contributed by atoms with Crippen molar-refractivity contribution in [1.29, 1.82) is 0 Å². The van der Waals surface area contributed by atoms with Crippen LogP contribution in [-0.2, 0) is 10.2 Å². The summed E-state index contributed by atoms with van der Waals surface area (Å²) >= 11 is 3.04. The van der Waals surface area contributed by atoms with E-state index in [1.54, 1.807) is 11.8 Å². The molecule has 1 aliphatic heterocycles. The number of thioether (sulfide) groups is 1. The van der Waals surface area contributed by atoms with E-state index in [0.717, 1.165) is 9.77 Å². The summed E-state index contributed by atoms with van der Waals surface area (Å²) in [5, 5.41) is 1.91. The molecule has 2 aromatic rings. The highest BCUT2D eigenvalue weighted by molar-refractivity contribution is 8.00. The molecule has 0 atom stereocenters. The first-order chi connectivity index (χ1) is 12.8. The predicted octanol–water partition coefficient (Wildman–Crippen LogP) is 4.12. The van der Waals surface area contributed by atoms with Crippen molar-refractivity contribution in [2.75, 3.05) is 31.9 Å². The minimum Gasteiger partial charge on any atom is -0.338 e. The second kappa shape index (κ2) is 8.48. The molecule has 0 bridgehead atoms. The molecule has 27 heavy (non-hydrogen) atoms. The van der Waals surface area contributed by atoms with Gasteiger partial charge in [-0.2, -0.15) is 0 Å². The largest absolute Gasteiger partial charge is 0.338 e. The Labute approximate surface area is 169 Å². The minimum absolute atomic E-state index is 0.0745. The lowest BCUT2D eigenvalue weighted by Crippen LogP contribution is -2.50. The van der Waals surface area contributed by atoms with Gasteiger partial charge in [-0.15, -0.1) is 23.1 Å². The molecule has 6 heteroatoms. The normalized spacial score (nSPS) is 15.1. The van der Waals surface area contributed by atoms with E-state index in [0.29, 0.717) is 31.9 Å². The van der Waals surface area contributed by atoms with Gasteiger partial charge >= 0.3 is 0 Å². The quantitative estimate of drug-likeness (QED) is 0.722. The van der Waals surface area contributed by atoms with E-state index in [9.17, 15) is 9.59 Å². The van der Waals surface area contributed by atoms with Crippen LogP contribution in [0.2, 0.25) is 0 Å². The van der Waals surface area contributed by atoms with Crippen molar-refractivity contribution in [2.45, 2.75) is 31.1 Å². The number of nitrogens with zero attached hydrogens (tertiary/aromatic N) is 2. The molecule has 2 amide bonds. The van der Waals surface area contributed by atoms with Gasteiger partial charge in [0, 0.05) is 31.1 Å². The van der Waals surface area contributed by atoms with Crippen molar-refractivity contribution in [3.8, 4) is 0 Å². The van der Waals surface area contributed by atoms with E-state index < -0.39 is 0 Å². The van der Waals surface area contributed by atoms with Gasteiger partial charge in [-0.25, -0.2) is 0 Å². The number of thiophene rings is 1. The first kappa shape index (κ1) is 20.0. The van der Waals surface area contributed by atoms with Gasteiger partial charge in [0.05, 0.1) is 10.6 Å². The summed E-state index contributed by atoms with van der Waals surface area (Å²) < 4.78 is 0. The molecule has 1 aromatic carbocycles. The molecule has 3 rings (SSSR count). The number of hydrogen-bond donors (Lipinski definition) is 0.